The highest BCUT2D eigenvalue weighted by molar-refractivity contribution is 6.07. The third-order valence-electron chi connectivity index (χ3n) is 5.28. The van der Waals surface area contributed by atoms with Crippen LogP contribution in [0.4, 0.5) is 11.4 Å². The standard InChI is InChI=1S/C23H24N4O2/c1-16-11-13-17(14-12-16)24-22(28)21-25-20(19-10-6-7-15-27(19)21)23(29)26(2)18-8-4-3-5-9-18/h3-5,8-9,11-14H,6-7,10,15H2,1-2H3,(H,24,28). The molecule has 2 heterocycles. The number of rotatable bonds is 4. The molecule has 0 aliphatic carbocycles. The first-order valence-electron chi connectivity index (χ1n) is 9.85. The van der Waals surface area contributed by atoms with Gasteiger partial charge in [0.05, 0.1) is 5.69 Å². The van der Waals surface area contributed by atoms with Crippen molar-refractivity contribution in [3.8, 4) is 0 Å². The number of fused-ring (bicyclic) bond motifs is 1. The molecule has 2 amide bonds. The van der Waals surface area contributed by atoms with Gasteiger partial charge in [-0.3, -0.25) is 9.59 Å². The van der Waals surface area contributed by atoms with Crippen molar-refractivity contribution in [2.24, 2.45) is 0 Å². The molecule has 29 heavy (non-hydrogen) atoms. The van der Waals surface area contributed by atoms with Crippen molar-refractivity contribution in [2.45, 2.75) is 32.7 Å². The predicted molar refractivity (Wildman–Crippen MR) is 113 cm³/mol. The summed E-state index contributed by atoms with van der Waals surface area (Å²) in [6.45, 7) is 2.69. The van der Waals surface area contributed by atoms with E-state index in [1.165, 1.54) is 0 Å². The molecular formula is C23H24N4O2. The minimum absolute atomic E-state index is 0.198. The average Bonchev–Trinajstić information content (AvgIpc) is 3.15. The summed E-state index contributed by atoms with van der Waals surface area (Å²) in [4.78, 5) is 32.2. The normalized spacial score (nSPS) is 12.9. The second-order valence-corrected chi connectivity index (χ2v) is 7.36. The van der Waals surface area contributed by atoms with E-state index in [9.17, 15) is 9.59 Å². The summed E-state index contributed by atoms with van der Waals surface area (Å²) >= 11 is 0. The van der Waals surface area contributed by atoms with Gasteiger partial charge in [0.15, 0.2) is 11.5 Å². The summed E-state index contributed by atoms with van der Waals surface area (Å²) in [5.74, 6) is -0.195. The highest BCUT2D eigenvalue weighted by Gasteiger charge is 2.29. The first kappa shape index (κ1) is 18.9. The molecule has 1 N–H and O–H groups in total. The largest absolute Gasteiger partial charge is 0.323 e. The number of benzene rings is 2. The zero-order valence-electron chi connectivity index (χ0n) is 16.7. The summed E-state index contributed by atoms with van der Waals surface area (Å²) in [6.07, 6.45) is 2.70. The van der Waals surface area contributed by atoms with Crippen LogP contribution in [0, 0.1) is 6.92 Å². The van der Waals surface area contributed by atoms with Gasteiger partial charge in [0.2, 0.25) is 0 Å². The zero-order valence-corrected chi connectivity index (χ0v) is 16.7. The molecule has 0 spiro atoms. The molecule has 2 aromatic carbocycles. The van der Waals surface area contributed by atoms with Crippen molar-refractivity contribution in [3.63, 3.8) is 0 Å². The highest BCUT2D eigenvalue weighted by atomic mass is 16.2. The van der Waals surface area contributed by atoms with E-state index in [0.717, 1.165) is 36.2 Å². The van der Waals surface area contributed by atoms with E-state index in [-0.39, 0.29) is 11.8 Å². The molecule has 1 aromatic heterocycles. The quantitative estimate of drug-likeness (QED) is 0.733. The third-order valence-corrected chi connectivity index (χ3v) is 5.28. The molecule has 0 atom stereocenters. The van der Waals surface area contributed by atoms with E-state index in [2.05, 4.69) is 10.3 Å². The Morgan fingerprint density at radius 1 is 1.03 bits per heavy atom. The van der Waals surface area contributed by atoms with Crippen molar-refractivity contribution < 1.29 is 9.59 Å². The second kappa shape index (κ2) is 7.91. The number of aryl methyl sites for hydroxylation is 1. The SMILES string of the molecule is Cc1ccc(NC(=O)c2nc(C(=O)N(C)c3ccccc3)c3n2CCCC3)cc1. The van der Waals surface area contributed by atoms with Crippen LogP contribution in [0.3, 0.4) is 0 Å². The molecule has 0 fully saturated rings. The summed E-state index contributed by atoms with van der Waals surface area (Å²) in [7, 11) is 1.73. The van der Waals surface area contributed by atoms with Crippen LogP contribution in [0.5, 0.6) is 0 Å². The third kappa shape index (κ3) is 3.78. The number of nitrogens with zero attached hydrogens (tertiary/aromatic N) is 3. The van der Waals surface area contributed by atoms with Gasteiger partial charge in [-0.15, -0.1) is 0 Å². The molecule has 1 aliphatic rings. The summed E-state index contributed by atoms with van der Waals surface area (Å²) in [5.41, 5.74) is 3.84. The van der Waals surface area contributed by atoms with Gasteiger partial charge >= 0.3 is 0 Å². The number of carbonyl (C=O) groups excluding carboxylic acids is 2. The van der Waals surface area contributed by atoms with Crippen molar-refractivity contribution >= 4 is 23.2 Å². The number of aromatic nitrogens is 2. The smallest absolute Gasteiger partial charge is 0.291 e. The van der Waals surface area contributed by atoms with Crippen molar-refractivity contribution in [2.75, 3.05) is 17.3 Å². The molecule has 4 rings (SSSR count). The summed E-state index contributed by atoms with van der Waals surface area (Å²) in [6, 6.07) is 17.1. The van der Waals surface area contributed by atoms with Gasteiger partial charge < -0.3 is 14.8 Å². The first-order chi connectivity index (χ1) is 14.0. The van der Waals surface area contributed by atoms with Crippen LogP contribution in [0.1, 0.15) is 45.2 Å². The average molecular weight is 388 g/mol. The van der Waals surface area contributed by atoms with Crippen LogP contribution in [-0.4, -0.2) is 28.4 Å². The fraction of sp³-hybridized carbons (Fsp3) is 0.261. The molecule has 6 nitrogen and oxygen atoms in total. The van der Waals surface area contributed by atoms with E-state index >= 15 is 0 Å². The first-order valence-corrected chi connectivity index (χ1v) is 9.85. The number of nitrogens with one attached hydrogen (secondary N) is 1. The van der Waals surface area contributed by atoms with Gasteiger partial charge in [-0.2, -0.15) is 0 Å². The molecule has 0 unspecified atom stereocenters. The Morgan fingerprint density at radius 2 is 1.76 bits per heavy atom. The Kier molecular flexibility index (Phi) is 5.16. The molecule has 148 valence electrons. The van der Waals surface area contributed by atoms with E-state index in [1.54, 1.807) is 11.9 Å². The number of para-hydroxylation sites is 1. The molecule has 0 radical (unpaired) electrons. The minimum atomic E-state index is -0.293. The lowest BCUT2D eigenvalue weighted by Crippen LogP contribution is -2.28. The van der Waals surface area contributed by atoms with Gasteiger partial charge in [0.1, 0.15) is 0 Å². The van der Waals surface area contributed by atoms with E-state index in [4.69, 9.17) is 0 Å². The number of amides is 2. The summed E-state index contributed by atoms with van der Waals surface area (Å²) in [5, 5.41) is 2.90. The van der Waals surface area contributed by atoms with Gasteiger partial charge in [-0.05, 0) is 50.5 Å². The zero-order chi connectivity index (χ0) is 20.4. The van der Waals surface area contributed by atoms with Crippen LogP contribution in [-0.2, 0) is 13.0 Å². The minimum Gasteiger partial charge on any atom is -0.323 e. The summed E-state index contributed by atoms with van der Waals surface area (Å²) < 4.78 is 1.90. The Bertz CT molecular complexity index is 1040. The van der Waals surface area contributed by atoms with Crippen molar-refractivity contribution in [3.05, 3.63) is 77.4 Å². The maximum absolute atomic E-state index is 13.2. The van der Waals surface area contributed by atoms with E-state index < -0.39 is 0 Å². The molecule has 1 aliphatic heterocycles. The maximum atomic E-state index is 13.2. The van der Waals surface area contributed by atoms with Gasteiger partial charge in [-0.25, -0.2) is 4.98 Å². The van der Waals surface area contributed by atoms with Crippen LogP contribution in [0.25, 0.3) is 0 Å². The molecule has 0 saturated heterocycles. The van der Waals surface area contributed by atoms with Gasteiger partial charge in [0.25, 0.3) is 11.8 Å². The highest BCUT2D eigenvalue weighted by Crippen LogP contribution is 2.24. The lowest BCUT2D eigenvalue weighted by Gasteiger charge is -2.19. The lowest BCUT2D eigenvalue weighted by molar-refractivity contribution is 0.0987. The fourth-order valence-electron chi connectivity index (χ4n) is 3.64. The Hall–Kier alpha value is -3.41. The van der Waals surface area contributed by atoms with Crippen molar-refractivity contribution in [1.29, 1.82) is 0 Å². The Morgan fingerprint density at radius 3 is 2.48 bits per heavy atom. The van der Waals surface area contributed by atoms with Crippen LogP contribution in [0.2, 0.25) is 0 Å². The van der Waals surface area contributed by atoms with Crippen LogP contribution >= 0.6 is 0 Å². The maximum Gasteiger partial charge on any atom is 0.291 e. The number of hydrogen-bond acceptors (Lipinski definition) is 3. The predicted octanol–water partition coefficient (Wildman–Crippen LogP) is 4.06. The molecule has 6 heteroatoms. The van der Waals surface area contributed by atoms with E-state index in [1.807, 2.05) is 66.1 Å². The lowest BCUT2D eigenvalue weighted by atomic mass is 10.1. The number of carbonyl (C=O) groups is 2. The van der Waals surface area contributed by atoms with Crippen molar-refractivity contribution in [1.82, 2.24) is 9.55 Å². The monoisotopic (exact) mass is 388 g/mol. The van der Waals surface area contributed by atoms with Crippen LogP contribution in [0.15, 0.2) is 54.6 Å². The van der Waals surface area contributed by atoms with E-state index in [0.29, 0.717) is 23.8 Å². The van der Waals surface area contributed by atoms with Gasteiger partial charge in [0, 0.05) is 25.0 Å². The topological polar surface area (TPSA) is 67.2 Å². The molecule has 0 bridgehead atoms. The number of hydrogen-bond donors (Lipinski definition) is 1. The fourth-order valence-corrected chi connectivity index (χ4v) is 3.64. The number of imidazole rings is 1. The number of anilines is 2. The molecule has 0 saturated carbocycles. The molecule has 3 aromatic rings. The van der Waals surface area contributed by atoms with Crippen LogP contribution < -0.4 is 10.2 Å². The molecular weight excluding hydrogens is 364 g/mol. The Balaban J connectivity index is 1.66. The second-order valence-electron chi connectivity index (χ2n) is 7.36. The van der Waals surface area contributed by atoms with Gasteiger partial charge in [-0.1, -0.05) is 35.9 Å². The Labute approximate surface area is 170 Å².